The topological polar surface area (TPSA) is 58.6 Å². The fourth-order valence-corrected chi connectivity index (χ4v) is 5.08. The van der Waals surface area contributed by atoms with Gasteiger partial charge in [0.15, 0.2) is 0 Å². The molecule has 2 amide bonds. The van der Waals surface area contributed by atoms with E-state index in [1.54, 1.807) is 25.1 Å². The number of hydrogen-bond acceptors (Lipinski definition) is 4. The second-order valence-electron chi connectivity index (χ2n) is 8.05. The van der Waals surface area contributed by atoms with Crippen LogP contribution in [0.3, 0.4) is 0 Å². The number of carbonyl (C=O) groups excluding carboxylic acids is 2. The summed E-state index contributed by atoms with van der Waals surface area (Å²) in [6.45, 7) is 0.638. The molecule has 32 heavy (non-hydrogen) atoms. The van der Waals surface area contributed by atoms with Gasteiger partial charge in [-0.05, 0) is 74.1 Å². The first-order valence-electron chi connectivity index (χ1n) is 11.0. The van der Waals surface area contributed by atoms with E-state index in [1.165, 1.54) is 30.2 Å². The van der Waals surface area contributed by atoms with Crippen molar-refractivity contribution in [3.63, 3.8) is 0 Å². The van der Waals surface area contributed by atoms with Crippen LogP contribution in [0.15, 0.2) is 63.9 Å². The molecular weight excluding hydrogens is 420 g/mol. The Morgan fingerprint density at radius 1 is 1.22 bits per heavy atom. The van der Waals surface area contributed by atoms with Gasteiger partial charge in [0.25, 0.3) is 11.8 Å². The number of amides is 2. The molecule has 0 unspecified atom stereocenters. The molecule has 1 heterocycles. The lowest BCUT2D eigenvalue weighted by molar-refractivity contribution is -0.114. The van der Waals surface area contributed by atoms with E-state index in [4.69, 9.17) is 4.74 Å². The second kappa shape index (κ2) is 10.1. The molecule has 0 saturated carbocycles. The lowest BCUT2D eigenvalue weighted by atomic mass is 9.97. The number of rotatable bonds is 6. The molecule has 1 aliphatic heterocycles. The molecule has 5 nitrogen and oxygen atoms in total. The summed E-state index contributed by atoms with van der Waals surface area (Å²) < 4.78 is 5.27. The van der Waals surface area contributed by atoms with E-state index in [2.05, 4.69) is 11.4 Å². The van der Waals surface area contributed by atoms with Crippen molar-refractivity contribution in [1.82, 2.24) is 5.32 Å². The van der Waals surface area contributed by atoms with Crippen molar-refractivity contribution in [3.8, 4) is 5.75 Å². The molecule has 6 heteroatoms. The fourth-order valence-electron chi connectivity index (χ4n) is 3.99. The minimum atomic E-state index is -0.104. The van der Waals surface area contributed by atoms with Crippen molar-refractivity contribution in [1.29, 1.82) is 0 Å². The summed E-state index contributed by atoms with van der Waals surface area (Å²) in [6, 6.07) is 13.2. The summed E-state index contributed by atoms with van der Waals surface area (Å²) in [6.07, 6.45) is 9.90. The van der Waals surface area contributed by atoms with Crippen molar-refractivity contribution in [2.75, 3.05) is 25.6 Å². The Balaban J connectivity index is 1.46. The number of likely N-dealkylation sites (N-methyl/N-ethyl adjacent to an activating group) is 1. The minimum absolute atomic E-state index is 0.0906. The number of thioether (sulfide) groups is 1. The molecule has 1 N–H and O–H groups in total. The molecule has 1 aliphatic carbocycles. The Kier molecular flexibility index (Phi) is 7.00. The van der Waals surface area contributed by atoms with Gasteiger partial charge in [-0.2, -0.15) is 0 Å². The standard InChI is InChI=1S/C26H28N2O3S/c1-28-22-17-20(25(29)27-14-13-18-7-4-3-5-8-18)11-12-23(22)32-24(26(28)30)16-19-9-6-10-21(15-19)31-2/h6-7,9-12,15-17H,3-5,8,13-14H2,1-2H3,(H,27,29). The van der Waals surface area contributed by atoms with Crippen LogP contribution < -0.4 is 15.0 Å². The van der Waals surface area contributed by atoms with Crippen molar-refractivity contribution in [2.45, 2.75) is 37.0 Å². The van der Waals surface area contributed by atoms with Gasteiger partial charge in [-0.25, -0.2) is 0 Å². The van der Waals surface area contributed by atoms with Crippen LogP contribution in [0.5, 0.6) is 5.75 Å². The molecule has 0 saturated heterocycles. The number of nitrogens with zero attached hydrogens (tertiary/aromatic N) is 1. The number of hydrogen-bond donors (Lipinski definition) is 1. The summed E-state index contributed by atoms with van der Waals surface area (Å²) in [4.78, 5) is 28.8. The molecule has 0 atom stereocenters. The fraction of sp³-hybridized carbons (Fsp3) is 0.308. The average Bonchev–Trinajstić information content (AvgIpc) is 2.83. The zero-order valence-corrected chi connectivity index (χ0v) is 19.3. The predicted molar refractivity (Wildman–Crippen MR) is 130 cm³/mol. The SMILES string of the molecule is COc1cccc(C=C2Sc3ccc(C(=O)NCCC4=CCCCC4)cc3N(C)C2=O)c1. The highest BCUT2D eigenvalue weighted by atomic mass is 32.2. The van der Waals surface area contributed by atoms with Crippen LogP contribution in [0.25, 0.3) is 6.08 Å². The highest BCUT2D eigenvalue weighted by Crippen LogP contribution is 2.42. The van der Waals surface area contributed by atoms with Crippen molar-refractivity contribution in [3.05, 3.63) is 70.1 Å². The Bertz CT molecular complexity index is 1090. The van der Waals surface area contributed by atoms with Crippen LogP contribution in [-0.2, 0) is 4.79 Å². The third-order valence-corrected chi connectivity index (χ3v) is 6.90. The molecular formula is C26H28N2O3S. The van der Waals surface area contributed by atoms with Crippen LogP contribution in [-0.4, -0.2) is 32.5 Å². The summed E-state index contributed by atoms with van der Waals surface area (Å²) in [5.74, 6) is 0.552. The molecule has 0 spiro atoms. The molecule has 4 rings (SSSR count). The first-order valence-corrected chi connectivity index (χ1v) is 11.8. The average molecular weight is 449 g/mol. The quantitative estimate of drug-likeness (QED) is 0.473. The van der Waals surface area contributed by atoms with E-state index in [0.29, 0.717) is 17.0 Å². The smallest absolute Gasteiger partial charge is 0.264 e. The summed E-state index contributed by atoms with van der Waals surface area (Å²) >= 11 is 1.42. The molecule has 2 aromatic rings. The third kappa shape index (κ3) is 5.07. The van der Waals surface area contributed by atoms with Gasteiger partial charge < -0.3 is 15.0 Å². The number of fused-ring (bicyclic) bond motifs is 1. The van der Waals surface area contributed by atoms with Gasteiger partial charge in [-0.15, -0.1) is 0 Å². The van der Waals surface area contributed by atoms with Gasteiger partial charge in [0, 0.05) is 24.1 Å². The normalized spacial score (nSPS) is 17.1. The van der Waals surface area contributed by atoms with Crippen molar-refractivity contribution >= 4 is 35.3 Å². The van der Waals surface area contributed by atoms with E-state index in [9.17, 15) is 9.59 Å². The molecule has 0 bridgehead atoms. The van der Waals surface area contributed by atoms with E-state index in [0.717, 1.165) is 41.2 Å². The summed E-state index contributed by atoms with van der Waals surface area (Å²) in [5.41, 5.74) is 3.67. The zero-order chi connectivity index (χ0) is 22.5. The maximum absolute atomic E-state index is 13.0. The lowest BCUT2D eigenvalue weighted by Gasteiger charge is -2.27. The van der Waals surface area contributed by atoms with E-state index in [-0.39, 0.29) is 11.8 Å². The second-order valence-corrected chi connectivity index (χ2v) is 9.13. The lowest BCUT2D eigenvalue weighted by Crippen LogP contribution is -2.31. The van der Waals surface area contributed by atoms with E-state index >= 15 is 0 Å². The van der Waals surface area contributed by atoms with Gasteiger partial charge in [-0.3, -0.25) is 9.59 Å². The van der Waals surface area contributed by atoms with Gasteiger partial charge >= 0.3 is 0 Å². The maximum Gasteiger partial charge on any atom is 0.264 e. The monoisotopic (exact) mass is 448 g/mol. The Morgan fingerprint density at radius 3 is 2.88 bits per heavy atom. The summed E-state index contributed by atoms with van der Waals surface area (Å²) in [5, 5.41) is 3.02. The highest BCUT2D eigenvalue weighted by Gasteiger charge is 2.27. The first kappa shape index (κ1) is 22.2. The molecule has 0 fully saturated rings. The highest BCUT2D eigenvalue weighted by molar-refractivity contribution is 8.04. The van der Waals surface area contributed by atoms with Crippen LogP contribution in [0.1, 0.15) is 48.0 Å². The van der Waals surface area contributed by atoms with Crippen LogP contribution >= 0.6 is 11.8 Å². The number of ether oxygens (including phenoxy) is 1. The van der Waals surface area contributed by atoms with Gasteiger partial charge in [0.05, 0.1) is 17.7 Å². The number of methoxy groups -OCH3 is 1. The first-order chi connectivity index (χ1) is 15.5. The Hall–Kier alpha value is -2.99. The van der Waals surface area contributed by atoms with Crippen LogP contribution in [0.4, 0.5) is 5.69 Å². The predicted octanol–water partition coefficient (Wildman–Crippen LogP) is 5.43. The number of benzene rings is 2. The molecule has 2 aromatic carbocycles. The number of anilines is 1. The van der Waals surface area contributed by atoms with Crippen molar-refractivity contribution in [2.24, 2.45) is 0 Å². The van der Waals surface area contributed by atoms with Crippen LogP contribution in [0.2, 0.25) is 0 Å². The number of carbonyl (C=O) groups is 2. The number of allylic oxidation sites excluding steroid dienone is 1. The zero-order valence-electron chi connectivity index (χ0n) is 18.5. The van der Waals surface area contributed by atoms with E-state index < -0.39 is 0 Å². The maximum atomic E-state index is 13.0. The van der Waals surface area contributed by atoms with Gasteiger partial charge in [0.2, 0.25) is 0 Å². The minimum Gasteiger partial charge on any atom is -0.497 e. The molecule has 2 aliphatic rings. The van der Waals surface area contributed by atoms with Gasteiger partial charge in [0.1, 0.15) is 5.75 Å². The molecule has 0 aromatic heterocycles. The largest absolute Gasteiger partial charge is 0.497 e. The van der Waals surface area contributed by atoms with Crippen molar-refractivity contribution < 1.29 is 14.3 Å². The van der Waals surface area contributed by atoms with E-state index in [1.807, 2.05) is 42.5 Å². The molecule has 166 valence electrons. The molecule has 0 radical (unpaired) electrons. The number of nitrogens with one attached hydrogen (secondary N) is 1. The van der Waals surface area contributed by atoms with Gasteiger partial charge in [-0.1, -0.05) is 35.5 Å². The third-order valence-electron chi connectivity index (χ3n) is 5.83. The Morgan fingerprint density at radius 2 is 2.09 bits per heavy atom. The summed E-state index contributed by atoms with van der Waals surface area (Å²) in [7, 11) is 3.37. The Labute approximate surface area is 193 Å². The van der Waals surface area contributed by atoms with Crippen LogP contribution in [0, 0.1) is 0 Å².